The summed E-state index contributed by atoms with van der Waals surface area (Å²) in [6, 6.07) is 20.5. The van der Waals surface area contributed by atoms with Gasteiger partial charge in [0.15, 0.2) is 0 Å². The van der Waals surface area contributed by atoms with Crippen LogP contribution in [0.25, 0.3) is 0 Å². The lowest BCUT2D eigenvalue weighted by atomic mass is 10.1. The Bertz CT molecular complexity index is 1290. The molecule has 0 unspecified atom stereocenters. The fraction of sp³-hybridized carbons (Fsp3) is 0.192. The Morgan fingerprint density at radius 1 is 0.763 bits per heavy atom. The minimum absolute atomic E-state index is 0.0968. The summed E-state index contributed by atoms with van der Waals surface area (Å²) in [5.41, 5.74) is 2.05. The summed E-state index contributed by atoms with van der Waals surface area (Å²) in [4.78, 5) is 37.5. The zero-order chi connectivity index (χ0) is 27.9. The number of rotatable bonds is 5. The number of benzene rings is 3. The van der Waals surface area contributed by atoms with Crippen molar-refractivity contribution in [2.45, 2.75) is 6.18 Å². The number of piperazine rings is 1. The van der Waals surface area contributed by atoms with Gasteiger partial charge >= 0.3 is 18.1 Å². The average molecular weight is 533 g/mol. The zero-order valence-corrected chi connectivity index (χ0v) is 19.8. The molecule has 12 heteroatoms. The second-order valence-corrected chi connectivity index (χ2v) is 8.08. The number of carbonyl (C=O) groups is 3. The Labute approximate surface area is 214 Å². The van der Waals surface area contributed by atoms with Crippen molar-refractivity contribution in [1.29, 1.82) is 0 Å². The van der Waals surface area contributed by atoms with E-state index in [1.165, 1.54) is 24.3 Å². The van der Waals surface area contributed by atoms with Gasteiger partial charge in [-0.15, -0.1) is 0 Å². The maximum absolute atomic E-state index is 13.8. The molecular formula is C26H23F4N3O5. The van der Waals surface area contributed by atoms with Gasteiger partial charge in [-0.25, -0.2) is 14.0 Å². The summed E-state index contributed by atoms with van der Waals surface area (Å²) in [5, 5.41) is 19.4. The first-order valence-electron chi connectivity index (χ1n) is 11.3. The quantitative estimate of drug-likeness (QED) is 0.407. The highest BCUT2D eigenvalue weighted by Gasteiger charge is 2.38. The SMILES string of the molecule is O=C(Nc1ccc(N2CCN(c3ccccc3)CC2)c(C(=O)O)c1)c1ccccc1F.O=C(O)C(F)(F)F. The normalized spacial score (nSPS) is 13.3. The Morgan fingerprint density at radius 2 is 1.32 bits per heavy atom. The lowest BCUT2D eigenvalue weighted by Crippen LogP contribution is -2.47. The molecule has 3 N–H and O–H groups in total. The van der Waals surface area contributed by atoms with Crippen LogP contribution in [0.3, 0.4) is 0 Å². The second kappa shape index (κ2) is 12.1. The number of para-hydroxylation sites is 1. The number of hydrogen-bond donors (Lipinski definition) is 3. The van der Waals surface area contributed by atoms with Crippen molar-refractivity contribution in [2.24, 2.45) is 0 Å². The summed E-state index contributed by atoms with van der Waals surface area (Å²) >= 11 is 0. The van der Waals surface area contributed by atoms with E-state index >= 15 is 0 Å². The van der Waals surface area contributed by atoms with Gasteiger partial charge in [0.25, 0.3) is 5.91 Å². The van der Waals surface area contributed by atoms with Crippen molar-refractivity contribution < 1.29 is 42.2 Å². The number of anilines is 3. The Kier molecular flexibility index (Phi) is 8.89. The Hall–Kier alpha value is -4.61. The number of nitrogens with one attached hydrogen (secondary N) is 1. The molecular weight excluding hydrogens is 510 g/mol. The maximum Gasteiger partial charge on any atom is 0.490 e. The van der Waals surface area contributed by atoms with Gasteiger partial charge in [0.05, 0.1) is 16.8 Å². The van der Waals surface area contributed by atoms with Crippen LogP contribution in [0.1, 0.15) is 20.7 Å². The molecule has 0 radical (unpaired) electrons. The van der Waals surface area contributed by atoms with Gasteiger partial charge in [-0.05, 0) is 42.5 Å². The number of halogens is 4. The van der Waals surface area contributed by atoms with Gasteiger partial charge in [0.1, 0.15) is 5.82 Å². The molecule has 1 aliphatic rings. The fourth-order valence-corrected chi connectivity index (χ4v) is 3.75. The summed E-state index contributed by atoms with van der Waals surface area (Å²) in [7, 11) is 0. The van der Waals surface area contributed by atoms with Gasteiger partial charge in [0, 0.05) is 37.6 Å². The molecule has 3 aromatic rings. The molecule has 0 spiro atoms. The van der Waals surface area contributed by atoms with E-state index in [1.807, 2.05) is 23.1 Å². The maximum atomic E-state index is 13.8. The zero-order valence-electron chi connectivity index (χ0n) is 19.8. The number of nitrogens with zero attached hydrogens (tertiary/aromatic N) is 2. The number of carboxylic acids is 2. The molecule has 0 saturated carbocycles. The number of carboxylic acid groups (broad SMARTS) is 2. The van der Waals surface area contributed by atoms with E-state index in [9.17, 15) is 32.3 Å². The molecule has 200 valence electrons. The topological polar surface area (TPSA) is 110 Å². The molecule has 3 aromatic carbocycles. The Balaban J connectivity index is 0.000000505. The summed E-state index contributed by atoms with van der Waals surface area (Å²) in [6.07, 6.45) is -5.08. The fourth-order valence-electron chi connectivity index (χ4n) is 3.75. The lowest BCUT2D eigenvalue weighted by Gasteiger charge is -2.38. The number of aliphatic carboxylic acids is 1. The third-order valence-corrected chi connectivity index (χ3v) is 5.59. The summed E-state index contributed by atoms with van der Waals surface area (Å²) < 4.78 is 45.6. The average Bonchev–Trinajstić information content (AvgIpc) is 2.89. The van der Waals surface area contributed by atoms with Crippen molar-refractivity contribution in [3.05, 3.63) is 89.7 Å². The van der Waals surface area contributed by atoms with Gasteiger partial charge < -0.3 is 25.3 Å². The van der Waals surface area contributed by atoms with E-state index in [1.54, 1.807) is 18.2 Å². The van der Waals surface area contributed by atoms with Crippen molar-refractivity contribution in [3.63, 3.8) is 0 Å². The van der Waals surface area contributed by atoms with Crippen LogP contribution in [-0.4, -0.2) is 60.4 Å². The monoisotopic (exact) mass is 533 g/mol. The van der Waals surface area contributed by atoms with E-state index in [0.717, 1.165) is 18.8 Å². The highest BCUT2D eigenvalue weighted by Crippen LogP contribution is 2.27. The molecule has 4 rings (SSSR count). The molecule has 1 fully saturated rings. The minimum Gasteiger partial charge on any atom is -0.478 e. The third kappa shape index (κ3) is 7.21. The van der Waals surface area contributed by atoms with E-state index in [4.69, 9.17) is 9.90 Å². The van der Waals surface area contributed by atoms with E-state index in [-0.39, 0.29) is 11.1 Å². The van der Waals surface area contributed by atoms with Crippen LogP contribution in [0.5, 0.6) is 0 Å². The predicted molar refractivity (Wildman–Crippen MR) is 132 cm³/mol. The third-order valence-electron chi connectivity index (χ3n) is 5.59. The van der Waals surface area contributed by atoms with E-state index < -0.39 is 29.8 Å². The van der Waals surface area contributed by atoms with Crippen LogP contribution >= 0.6 is 0 Å². The van der Waals surface area contributed by atoms with Crippen molar-refractivity contribution >= 4 is 34.9 Å². The molecule has 1 saturated heterocycles. The number of amides is 1. The number of aromatic carboxylic acids is 1. The van der Waals surface area contributed by atoms with Crippen LogP contribution in [-0.2, 0) is 4.79 Å². The molecule has 38 heavy (non-hydrogen) atoms. The largest absolute Gasteiger partial charge is 0.490 e. The number of hydrogen-bond acceptors (Lipinski definition) is 5. The van der Waals surface area contributed by atoms with Crippen LogP contribution in [0, 0.1) is 5.82 Å². The minimum atomic E-state index is -5.08. The van der Waals surface area contributed by atoms with E-state index in [0.29, 0.717) is 24.5 Å². The molecule has 1 amide bonds. The van der Waals surface area contributed by atoms with E-state index in [2.05, 4.69) is 22.3 Å². The standard InChI is InChI=1S/C24H22FN3O3.C2HF3O2/c25-21-9-5-4-8-19(21)23(29)26-17-10-11-22(20(16-17)24(30)31)28-14-12-27(13-15-28)18-6-2-1-3-7-18;3-2(4,5)1(6)7/h1-11,16H,12-15H2,(H,26,29)(H,30,31);(H,6,7). The summed E-state index contributed by atoms with van der Waals surface area (Å²) in [5.74, 6) is -5.10. The van der Waals surface area contributed by atoms with Gasteiger partial charge in [0.2, 0.25) is 0 Å². The van der Waals surface area contributed by atoms with Crippen LogP contribution in [0.15, 0.2) is 72.8 Å². The number of alkyl halides is 3. The van der Waals surface area contributed by atoms with Gasteiger partial charge in [-0.2, -0.15) is 13.2 Å². The Morgan fingerprint density at radius 3 is 1.87 bits per heavy atom. The molecule has 0 aromatic heterocycles. The van der Waals surface area contributed by atoms with Crippen molar-refractivity contribution in [1.82, 2.24) is 0 Å². The molecule has 0 bridgehead atoms. The van der Waals surface area contributed by atoms with Crippen LogP contribution in [0.4, 0.5) is 34.6 Å². The molecule has 1 heterocycles. The lowest BCUT2D eigenvalue weighted by molar-refractivity contribution is -0.192. The molecule has 8 nitrogen and oxygen atoms in total. The molecule has 0 aliphatic carbocycles. The van der Waals surface area contributed by atoms with Crippen molar-refractivity contribution in [2.75, 3.05) is 41.3 Å². The highest BCUT2D eigenvalue weighted by molar-refractivity contribution is 6.05. The first-order valence-corrected chi connectivity index (χ1v) is 11.3. The smallest absolute Gasteiger partial charge is 0.478 e. The predicted octanol–water partition coefficient (Wildman–Crippen LogP) is 4.74. The first kappa shape index (κ1) is 28.0. The highest BCUT2D eigenvalue weighted by atomic mass is 19.4. The molecule has 0 atom stereocenters. The van der Waals surface area contributed by atoms with Gasteiger partial charge in [-0.3, -0.25) is 4.79 Å². The molecule has 1 aliphatic heterocycles. The first-order chi connectivity index (χ1) is 18.0. The van der Waals surface area contributed by atoms with Gasteiger partial charge in [-0.1, -0.05) is 30.3 Å². The summed E-state index contributed by atoms with van der Waals surface area (Å²) in [6.45, 7) is 2.90. The van der Waals surface area contributed by atoms with Crippen LogP contribution in [0.2, 0.25) is 0 Å². The number of carbonyl (C=O) groups excluding carboxylic acids is 1. The van der Waals surface area contributed by atoms with Crippen molar-refractivity contribution in [3.8, 4) is 0 Å². The second-order valence-electron chi connectivity index (χ2n) is 8.08. The van der Waals surface area contributed by atoms with Crippen LogP contribution < -0.4 is 15.1 Å².